The Kier molecular flexibility index (Phi) is 4.10. The van der Waals surface area contributed by atoms with Gasteiger partial charge in [-0.25, -0.2) is 0 Å². The molecule has 0 aromatic heterocycles. The quantitative estimate of drug-likeness (QED) is 0.885. The van der Waals surface area contributed by atoms with Crippen molar-refractivity contribution in [2.75, 3.05) is 6.54 Å². The Balaban J connectivity index is 1.83. The maximum Gasteiger partial charge on any atom is 0.129 e. The Morgan fingerprint density at radius 1 is 1.35 bits per heavy atom. The molecule has 1 aliphatic carbocycles. The molecule has 0 amide bonds. The van der Waals surface area contributed by atoms with Gasteiger partial charge < -0.3 is 10.4 Å². The molecule has 2 N–H and O–H groups in total. The average Bonchev–Trinajstić information content (AvgIpc) is 2.71. The first-order valence-electron chi connectivity index (χ1n) is 6.27. The van der Waals surface area contributed by atoms with Crippen LogP contribution in [0.1, 0.15) is 38.2 Å². The van der Waals surface area contributed by atoms with Crippen molar-refractivity contribution in [3.05, 3.63) is 28.2 Å². The van der Waals surface area contributed by atoms with Crippen LogP contribution in [0, 0.1) is 5.41 Å². The van der Waals surface area contributed by atoms with Gasteiger partial charge in [-0.3, -0.25) is 0 Å². The Bertz CT molecular complexity index is 386. The predicted octanol–water partition coefficient (Wildman–Crippen LogP) is 3.82. The van der Waals surface area contributed by atoms with Crippen molar-refractivity contribution in [3.8, 4) is 5.75 Å². The predicted molar refractivity (Wildman–Crippen MR) is 74.1 cm³/mol. The van der Waals surface area contributed by atoms with Crippen LogP contribution in [0.2, 0.25) is 0 Å². The molecule has 2 nitrogen and oxygen atoms in total. The van der Waals surface area contributed by atoms with E-state index in [4.69, 9.17) is 0 Å². The van der Waals surface area contributed by atoms with E-state index in [0.29, 0.717) is 11.2 Å². The number of nitrogens with one attached hydrogen (secondary N) is 1. The number of hydrogen-bond acceptors (Lipinski definition) is 2. The molecule has 0 atom stereocenters. The third-order valence-electron chi connectivity index (χ3n) is 3.70. The summed E-state index contributed by atoms with van der Waals surface area (Å²) in [5.41, 5.74) is 1.70. The van der Waals surface area contributed by atoms with E-state index >= 15 is 0 Å². The minimum Gasteiger partial charge on any atom is -0.507 e. The van der Waals surface area contributed by atoms with E-state index in [-0.39, 0.29) is 0 Å². The molecular weight excluding hydrogens is 278 g/mol. The molecule has 1 aromatic rings. The van der Waals surface area contributed by atoms with Gasteiger partial charge in [-0.15, -0.1) is 0 Å². The van der Waals surface area contributed by atoms with Gasteiger partial charge in [0.15, 0.2) is 0 Å². The summed E-state index contributed by atoms with van der Waals surface area (Å²) in [7, 11) is 0. The largest absolute Gasteiger partial charge is 0.507 e. The summed E-state index contributed by atoms with van der Waals surface area (Å²) >= 11 is 3.34. The van der Waals surface area contributed by atoms with Crippen LogP contribution in [-0.2, 0) is 6.54 Å². The summed E-state index contributed by atoms with van der Waals surface area (Å²) in [6, 6.07) is 5.67. The summed E-state index contributed by atoms with van der Waals surface area (Å²) in [6.45, 7) is 4.33. The van der Waals surface area contributed by atoms with Crippen LogP contribution in [0.4, 0.5) is 0 Å². The highest BCUT2D eigenvalue weighted by molar-refractivity contribution is 9.10. The molecule has 1 aliphatic rings. The molecule has 0 saturated heterocycles. The minimum absolute atomic E-state index is 0.302. The molecule has 0 spiro atoms. The number of benzene rings is 1. The highest BCUT2D eigenvalue weighted by Crippen LogP contribution is 2.36. The third-order valence-corrected chi connectivity index (χ3v) is 4.34. The zero-order chi connectivity index (χ0) is 12.3. The molecule has 0 radical (unpaired) electrons. The van der Waals surface area contributed by atoms with Crippen LogP contribution in [0.5, 0.6) is 5.75 Å². The van der Waals surface area contributed by atoms with Gasteiger partial charge in [0, 0.05) is 13.1 Å². The van der Waals surface area contributed by atoms with Crippen molar-refractivity contribution >= 4 is 15.9 Å². The summed E-state index contributed by atoms with van der Waals surface area (Å²) in [5, 5.41) is 12.9. The summed E-state index contributed by atoms with van der Waals surface area (Å²) in [6.07, 6.45) is 5.45. The standard InChI is InChI=1S/C14H20BrNO/c1-14(6-2-3-7-14)10-16-9-11-4-5-13(17)12(15)8-11/h4-5,8,16-17H,2-3,6-7,9-10H2,1H3. The van der Waals surface area contributed by atoms with E-state index in [2.05, 4.69) is 28.2 Å². The maximum atomic E-state index is 9.42. The van der Waals surface area contributed by atoms with Crippen LogP contribution in [-0.4, -0.2) is 11.7 Å². The number of rotatable bonds is 4. The van der Waals surface area contributed by atoms with Gasteiger partial charge in [0.25, 0.3) is 0 Å². The van der Waals surface area contributed by atoms with Crippen molar-refractivity contribution in [2.45, 2.75) is 39.2 Å². The van der Waals surface area contributed by atoms with Crippen molar-refractivity contribution < 1.29 is 5.11 Å². The lowest BCUT2D eigenvalue weighted by molar-refractivity contribution is 0.314. The highest BCUT2D eigenvalue weighted by atomic mass is 79.9. The Labute approximate surface area is 112 Å². The Morgan fingerprint density at radius 3 is 2.71 bits per heavy atom. The molecule has 2 rings (SSSR count). The van der Waals surface area contributed by atoms with E-state index in [0.717, 1.165) is 17.6 Å². The van der Waals surface area contributed by atoms with Gasteiger partial charge in [0.2, 0.25) is 0 Å². The van der Waals surface area contributed by atoms with Crippen molar-refractivity contribution in [1.82, 2.24) is 5.32 Å². The van der Waals surface area contributed by atoms with Gasteiger partial charge in [-0.05, 0) is 51.9 Å². The second kappa shape index (κ2) is 5.40. The first-order chi connectivity index (χ1) is 8.09. The summed E-state index contributed by atoms with van der Waals surface area (Å²) in [4.78, 5) is 0. The fraction of sp³-hybridized carbons (Fsp3) is 0.571. The lowest BCUT2D eigenvalue weighted by Gasteiger charge is -2.23. The summed E-state index contributed by atoms with van der Waals surface area (Å²) < 4.78 is 0.767. The molecule has 1 aromatic carbocycles. The number of aromatic hydroxyl groups is 1. The Hall–Kier alpha value is -0.540. The summed E-state index contributed by atoms with van der Waals surface area (Å²) in [5.74, 6) is 0.302. The van der Waals surface area contributed by atoms with E-state index < -0.39 is 0 Å². The monoisotopic (exact) mass is 297 g/mol. The molecule has 1 fully saturated rings. The first kappa shape index (κ1) is 12.9. The number of phenolic OH excluding ortho intramolecular Hbond substituents is 1. The smallest absolute Gasteiger partial charge is 0.129 e. The molecule has 0 aliphatic heterocycles. The fourth-order valence-electron chi connectivity index (χ4n) is 2.57. The van der Waals surface area contributed by atoms with Gasteiger partial charge in [0.05, 0.1) is 4.47 Å². The van der Waals surface area contributed by atoms with Gasteiger partial charge >= 0.3 is 0 Å². The fourth-order valence-corrected chi connectivity index (χ4v) is 3.00. The maximum absolute atomic E-state index is 9.42. The SMILES string of the molecule is CC1(CNCc2ccc(O)c(Br)c2)CCCC1. The van der Waals surface area contributed by atoms with E-state index in [9.17, 15) is 5.11 Å². The molecular formula is C14H20BrNO. The minimum atomic E-state index is 0.302. The molecule has 1 saturated carbocycles. The van der Waals surface area contributed by atoms with Crippen LogP contribution in [0.15, 0.2) is 22.7 Å². The second-order valence-electron chi connectivity index (χ2n) is 5.41. The normalized spacial score (nSPS) is 18.5. The lowest BCUT2D eigenvalue weighted by Crippen LogP contribution is -2.29. The van der Waals surface area contributed by atoms with E-state index in [1.54, 1.807) is 6.07 Å². The first-order valence-corrected chi connectivity index (χ1v) is 7.06. The van der Waals surface area contributed by atoms with Crippen molar-refractivity contribution in [1.29, 1.82) is 0 Å². The van der Waals surface area contributed by atoms with Crippen LogP contribution < -0.4 is 5.32 Å². The molecule has 0 bridgehead atoms. The molecule has 0 heterocycles. The zero-order valence-electron chi connectivity index (χ0n) is 10.3. The van der Waals surface area contributed by atoms with Crippen molar-refractivity contribution in [2.24, 2.45) is 5.41 Å². The third kappa shape index (κ3) is 3.46. The average molecular weight is 298 g/mol. The lowest BCUT2D eigenvalue weighted by atomic mass is 9.89. The van der Waals surface area contributed by atoms with E-state index in [1.807, 2.05) is 12.1 Å². The Morgan fingerprint density at radius 2 is 2.06 bits per heavy atom. The highest BCUT2D eigenvalue weighted by Gasteiger charge is 2.27. The number of hydrogen-bond donors (Lipinski definition) is 2. The molecule has 3 heteroatoms. The van der Waals surface area contributed by atoms with Crippen LogP contribution in [0.25, 0.3) is 0 Å². The van der Waals surface area contributed by atoms with Crippen LogP contribution in [0.3, 0.4) is 0 Å². The zero-order valence-corrected chi connectivity index (χ0v) is 11.9. The van der Waals surface area contributed by atoms with Gasteiger partial charge in [0.1, 0.15) is 5.75 Å². The molecule has 0 unspecified atom stereocenters. The number of halogens is 1. The molecule has 94 valence electrons. The number of phenols is 1. The van der Waals surface area contributed by atoms with Crippen molar-refractivity contribution in [3.63, 3.8) is 0 Å². The van der Waals surface area contributed by atoms with Gasteiger partial charge in [-0.1, -0.05) is 25.8 Å². The topological polar surface area (TPSA) is 32.3 Å². The van der Waals surface area contributed by atoms with E-state index in [1.165, 1.54) is 31.2 Å². The van der Waals surface area contributed by atoms with Gasteiger partial charge in [-0.2, -0.15) is 0 Å². The molecule has 17 heavy (non-hydrogen) atoms. The second-order valence-corrected chi connectivity index (χ2v) is 6.26. The van der Waals surface area contributed by atoms with Crippen LogP contribution >= 0.6 is 15.9 Å².